The number of carbonyl (C=O) groups is 1. The van der Waals surface area contributed by atoms with E-state index in [1.807, 2.05) is 24.3 Å². The fraction of sp³-hybridized carbons (Fsp3) is 0.0909. The predicted octanol–water partition coefficient (Wildman–Crippen LogP) is 2.48. The van der Waals surface area contributed by atoms with Crippen LogP contribution < -0.4 is 4.90 Å². The first-order valence-corrected chi connectivity index (χ1v) is 5.50. The highest BCUT2D eigenvalue weighted by Gasteiger charge is 2.11. The Balaban J connectivity index is 2.44. The van der Waals surface area contributed by atoms with E-state index in [1.165, 1.54) is 4.90 Å². The Kier molecular flexibility index (Phi) is 3.05. The molecule has 0 aliphatic rings. The zero-order valence-corrected chi connectivity index (χ0v) is 10.3. The van der Waals surface area contributed by atoms with E-state index in [1.54, 1.807) is 24.0 Å². The molecule has 1 aromatic heterocycles. The van der Waals surface area contributed by atoms with Gasteiger partial charge >= 0.3 is 0 Å². The molecule has 0 aliphatic carbocycles. The van der Waals surface area contributed by atoms with E-state index in [4.69, 9.17) is 0 Å². The van der Waals surface area contributed by atoms with Gasteiger partial charge in [0.1, 0.15) is 5.82 Å². The van der Waals surface area contributed by atoms with Crippen molar-refractivity contribution in [1.82, 2.24) is 9.78 Å². The molecule has 0 saturated carbocycles. The van der Waals surface area contributed by atoms with Gasteiger partial charge in [-0.1, -0.05) is 22.0 Å². The molecule has 2 rings (SSSR count). The topological polar surface area (TPSA) is 38.1 Å². The summed E-state index contributed by atoms with van der Waals surface area (Å²) in [5.74, 6) is 0.730. The standard InChI is InChI=1S/C11H10BrN3O/c1-14-11(5-6-13-14)15(8-16)10-4-2-3-9(12)7-10/h2-8H,1H3. The lowest BCUT2D eigenvalue weighted by Gasteiger charge is -2.17. The first-order chi connectivity index (χ1) is 7.72. The van der Waals surface area contributed by atoms with E-state index in [2.05, 4.69) is 21.0 Å². The number of aryl methyl sites for hydroxylation is 1. The molecule has 1 aromatic carbocycles. The van der Waals surface area contributed by atoms with Crippen molar-refractivity contribution in [2.24, 2.45) is 7.05 Å². The van der Waals surface area contributed by atoms with Crippen molar-refractivity contribution in [2.75, 3.05) is 4.90 Å². The number of nitrogens with zero attached hydrogens (tertiary/aromatic N) is 3. The second-order valence-electron chi connectivity index (χ2n) is 3.27. The van der Waals surface area contributed by atoms with Gasteiger partial charge in [0.05, 0.1) is 11.9 Å². The van der Waals surface area contributed by atoms with Crippen molar-refractivity contribution in [1.29, 1.82) is 0 Å². The van der Waals surface area contributed by atoms with Gasteiger partial charge in [-0.05, 0) is 18.2 Å². The summed E-state index contributed by atoms with van der Waals surface area (Å²) in [6.07, 6.45) is 2.43. The molecular formula is C11H10BrN3O. The molecule has 4 nitrogen and oxygen atoms in total. The van der Waals surface area contributed by atoms with Crippen molar-refractivity contribution in [2.45, 2.75) is 0 Å². The quantitative estimate of drug-likeness (QED) is 0.810. The van der Waals surface area contributed by atoms with Gasteiger partial charge in [-0.3, -0.25) is 14.4 Å². The lowest BCUT2D eigenvalue weighted by atomic mass is 10.3. The molecule has 0 atom stereocenters. The lowest BCUT2D eigenvalue weighted by molar-refractivity contribution is -0.106. The summed E-state index contributed by atoms with van der Waals surface area (Å²) in [5.41, 5.74) is 0.799. The number of hydrogen-bond donors (Lipinski definition) is 0. The fourth-order valence-corrected chi connectivity index (χ4v) is 1.86. The maximum Gasteiger partial charge on any atom is 0.219 e. The van der Waals surface area contributed by atoms with Gasteiger partial charge in [0, 0.05) is 17.6 Å². The number of aromatic nitrogens is 2. The average molecular weight is 280 g/mol. The summed E-state index contributed by atoms with van der Waals surface area (Å²) in [5, 5.41) is 4.04. The number of rotatable bonds is 3. The van der Waals surface area contributed by atoms with Crippen LogP contribution in [0.25, 0.3) is 0 Å². The highest BCUT2D eigenvalue weighted by atomic mass is 79.9. The smallest absolute Gasteiger partial charge is 0.219 e. The van der Waals surface area contributed by atoms with Crippen LogP contribution in [0.2, 0.25) is 0 Å². The van der Waals surface area contributed by atoms with E-state index in [0.717, 1.165) is 22.4 Å². The fourth-order valence-electron chi connectivity index (χ4n) is 1.48. The normalized spacial score (nSPS) is 10.1. The summed E-state index contributed by atoms with van der Waals surface area (Å²) in [6, 6.07) is 9.32. The van der Waals surface area contributed by atoms with Gasteiger partial charge < -0.3 is 0 Å². The molecule has 0 radical (unpaired) electrons. The summed E-state index contributed by atoms with van der Waals surface area (Å²) >= 11 is 3.38. The zero-order chi connectivity index (χ0) is 11.5. The highest BCUT2D eigenvalue weighted by molar-refractivity contribution is 9.10. The third-order valence-electron chi connectivity index (χ3n) is 2.23. The van der Waals surface area contributed by atoms with Crippen LogP contribution in [-0.4, -0.2) is 16.2 Å². The van der Waals surface area contributed by atoms with Crippen molar-refractivity contribution in [3.63, 3.8) is 0 Å². The molecule has 1 amide bonds. The number of halogens is 1. The van der Waals surface area contributed by atoms with Crippen molar-refractivity contribution >= 4 is 33.8 Å². The maximum atomic E-state index is 11.1. The lowest BCUT2D eigenvalue weighted by Crippen LogP contribution is -2.17. The van der Waals surface area contributed by atoms with Gasteiger partial charge in [-0.25, -0.2) is 0 Å². The summed E-state index contributed by atoms with van der Waals surface area (Å²) < 4.78 is 2.58. The monoisotopic (exact) mass is 279 g/mol. The molecule has 0 spiro atoms. The van der Waals surface area contributed by atoms with Gasteiger partial charge in [0.2, 0.25) is 6.41 Å². The molecule has 82 valence electrons. The number of carbonyl (C=O) groups excluding carboxylic acids is 1. The Morgan fingerprint density at radius 3 is 2.81 bits per heavy atom. The number of hydrogen-bond acceptors (Lipinski definition) is 2. The molecule has 0 fully saturated rings. The van der Waals surface area contributed by atoms with Crippen LogP contribution in [0.3, 0.4) is 0 Å². The number of benzene rings is 1. The van der Waals surface area contributed by atoms with Gasteiger partial charge in [0.15, 0.2) is 0 Å². The predicted molar refractivity (Wildman–Crippen MR) is 65.6 cm³/mol. The average Bonchev–Trinajstić information content (AvgIpc) is 2.67. The van der Waals surface area contributed by atoms with Gasteiger partial charge in [-0.15, -0.1) is 0 Å². The van der Waals surface area contributed by atoms with Crippen LogP contribution in [0.4, 0.5) is 11.5 Å². The first-order valence-electron chi connectivity index (χ1n) is 4.70. The summed E-state index contributed by atoms with van der Waals surface area (Å²) in [7, 11) is 1.80. The Labute approximate surface area is 102 Å². The van der Waals surface area contributed by atoms with E-state index in [9.17, 15) is 4.79 Å². The van der Waals surface area contributed by atoms with Crippen LogP contribution in [-0.2, 0) is 11.8 Å². The molecule has 0 N–H and O–H groups in total. The molecular weight excluding hydrogens is 270 g/mol. The SMILES string of the molecule is Cn1nccc1N(C=O)c1cccc(Br)c1. The summed E-state index contributed by atoms with van der Waals surface area (Å²) in [4.78, 5) is 12.7. The first kappa shape index (κ1) is 10.9. The van der Waals surface area contributed by atoms with E-state index in [0.29, 0.717) is 0 Å². The van der Waals surface area contributed by atoms with Crippen molar-refractivity contribution < 1.29 is 4.79 Å². The van der Waals surface area contributed by atoms with Gasteiger partial charge in [0.25, 0.3) is 0 Å². The molecule has 0 saturated heterocycles. The molecule has 5 heteroatoms. The van der Waals surface area contributed by atoms with Crippen molar-refractivity contribution in [3.8, 4) is 0 Å². The largest absolute Gasteiger partial charge is 0.278 e. The molecule has 0 unspecified atom stereocenters. The van der Waals surface area contributed by atoms with E-state index >= 15 is 0 Å². The third kappa shape index (κ3) is 1.99. The van der Waals surface area contributed by atoms with Crippen LogP contribution in [0, 0.1) is 0 Å². The van der Waals surface area contributed by atoms with Crippen molar-refractivity contribution in [3.05, 3.63) is 41.0 Å². The Bertz CT molecular complexity index is 509. The molecule has 16 heavy (non-hydrogen) atoms. The van der Waals surface area contributed by atoms with Crippen LogP contribution in [0.1, 0.15) is 0 Å². The Morgan fingerprint density at radius 1 is 1.44 bits per heavy atom. The molecule has 2 aromatic rings. The van der Waals surface area contributed by atoms with E-state index < -0.39 is 0 Å². The summed E-state index contributed by atoms with van der Waals surface area (Å²) in [6.45, 7) is 0. The minimum Gasteiger partial charge on any atom is -0.278 e. The minimum atomic E-state index is 0.730. The van der Waals surface area contributed by atoms with Crippen LogP contribution in [0.5, 0.6) is 0 Å². The van der Waals surface area contributed by atoms with Gasteiger partial charge in [-0.2, -0.15) is 5.10 Å². The highest BCUT2D eigenvalue weighted by Crippen LogP contribution is 2.25. The van der Waals surface area contributed by atoms with E-state index in [-0.39, 0.29) is 0 Å². The zero-order valence-electron chi connectivity index (χ0n) is 8.67. The maximum absolute atomic E-state index is 11.1. The molecule has 0 bridgehead atoms. The third-order valence-corrected chi connectivity index (χ3v) is 2.73. The molecule has 0 aliphatic heterocycles. The van der Waals surface area contributed by atoms with Crippen LogP contribution in [0.15, 0.2) is 41.0 Å². The Morgan fingerprint density at radius 2 is 2.25 bits per heavy atom. The second-order valence-corrected chi connectivity index (χ2v) is 4.18. The number of anilines is 2. The minimum absolute atomic E-state index is 0.730. The number of amides is 1. The second kappa shape index (κ2) is 4.49. The molecule has 1 heterocycles. The van der Waals surface area contributed by atoms with Crippen LogP contribution >= 0.6 is 15.9 Å². The Hall–Kier alpha value is -1.62.